The number of unbranched alkanes of at least 4 members (excludes halogenated alkanes) is 1. The predicted octanol–water partition coefficient (Wildman–Crippen LogP) is 9.98. The van der Waals surface area contributed by atoms with Crippen molar-refractivity contribution >= 4 is 22.2 Å². The second-order valence-electron chi connectivity index (χ2n) is 10.9. The fraction of sp³-hybridized carbons (Fsp3) is 0.306. The summed E-state index contributed by atoms with van der Waals surface area (Å²) >= 11 is 3.91. The normalized spacial score (nSPS) is 17.2. The summed E-state index contributed by atoms with van der Waals surface area (Å²) in [6.45, 7) is 7.70. The summed E-state index contributed by atoms with van der Waals surface area (Å²) in [5.41, 5.74) is 8.87. The van der Waals surface area contributed by atoms with Gasteiger partial charge in [0.2, 0.25) is 0 Å². The second kappa shape index (κ2) is 11.9. The molecule has 0 radical (unpaired) electrons. The van der Waals surface area contributed by atoms with E-state index in [1.54, 1.807) is 12.1 Å². The molecule has 0 N–H and O–H groups in total. The minimum atomic E-state index is -0.216. The van der Waals surface area contributed by atoms with Gasteiger partial charge in [0.1, 0.15) is 12.0 Å². The molecule has 0 amide bonds. The van der Waals surface area contributed by atoms with Crippen molar-refractivity contribution in [3.63, 3.8) is 0 Å². The first-order chi connectivity index (χ1) is 19.0. The van der Waals surface area contributed by atoms with Crippen LogP contribution in [0.1, 0.15) is 85.0 Å². The summed E-state index contributed by atoms with van der Waals surface area (Å²) in [6, 6.07) is 32.2. The molecule has 0 aromatic heterocycles. The molecule has 39 heavy (non-hydrogen) atoms. The Morgan fingerprint density at radius 2 is 1.59 bits per heavy atom. The van der Waals surface area contributed by atoms with Gasteiger partial charge < -0.3 is 4.74 Å². The van der Waals surface area contributed by atoms with Crippen LogP contribution in [0.15, 0.2) is 95.5 Å². The molecule has 3 heteroatoms. The number of hydrogen-bond acceptors (Lipinski definition) is 2. The van der Waals surface area contributed by atoms with E-state index in [1.807, 2.05) is 12.1 Å². The molecule has 200 valence electrons. The molecule has 0 spiro atoms. The van der Waals surface area contributed by atoms with Crippen molar-refractivity contribution in [2.75, 3.05) is 6.61 Å². The Morgan fingerprint density at radius 3 is 2.31 bits per heavy atom. The molecular formula is C36H37BrO2. The number of rotatable bonds is 11. The average Bonchev–Trinajstić information content (AvgIpc) is 3.26. The molecular weight excluding hydrogens is 544 g/mol. The first-order valence-corrected chi connectivity index (χ1v) is 15.0. The molecule has 2 nitrogen and oxygen atoms in total. The summed E-state index contributed by atoms with van der Waals surface area (Å²) in [4.78, 5) is 10.9. The minimum absolute atomic E-state index is 0.216. The van der Waals surface area contributed by atoms with Crippen molar-refractivity contribution in [1.82, 2.24) is 0 Å². The van der Waals surface area contributed by atoms with Gasteiger partial charge in [-0.05, 0) is 101 Å². The lowest BCUT2D eigenvalue weighted by molar-refractivity contribution is 0.112. The lowest BCUT2D eigenvalue weighted by Gasteiger charge is -2.34. The Labute approximate surface area is 241 Å². The Hall–Kier alpha value is -3.17. The number of halogens is 1. The van der Waals surface area contributed by atoms with Crippen LogP contribution in [0.5, 0.6) is 5.75 Å². The van der Waals surface area contributed by atoms with Crippen molar-refractivity contribution in [3.8, 4) is 16.9 Å². The third kappa shape index (κ3) is 5.22. The first-order valence-electron chi connectivity index (χ1n) is 14.2. The van der Waals surface area contributed by atoms with Crippen LogP contribution in [0, 0.1) is 5.92 Å². The highest BCUT2D eigenvalue weighted by atomic mass is 79.9. The van der Waals surface area contributed by atoms with E-state index in [0.29, 0.717) is 24.0 Å². The summed E-state index contributed by atoms with van der Waals surface area (Å²) in [6.07, 6.45) is 4.99. The van der Waals surface area contributed by atoms with Gasteiger partial charge in [0, 0.05) is 15.5 Å². The van der Waals surface area contributed by atoms with E-state index in [1.165, 1.54) is 33.4 Å². The molecule has 0 fully saturated rings. The lowest BCUT2D eigenvalue weighted by atomic mass is 9.69. The number of aldehydes is 1. The zero-order chi connectivity index (χ0) is 27.4. The zero-order valence-corrected chi connectivity index (χ0v) is 24.7. The summed E-state index contributed by atoms with van der Waals surface area (Å²) < 4.78 is 7.19. The highest BCUT2D eigenvalue weighted by Crippen LogP contribution is 2.57. The van der Waals surface area contributed by atoms with E-state index in [-0.39, 0.29) is 5.41 Å². The van der Waals surface area contributed by atoms with Gasteiger partial charge in [0.05, 0.1) is 6.61 Å². The molecule has 4 aromatic rings. The van der Waals surface area contributed by atoms with E-state index < -0.39 is 0 Å². The Morgan fingerprint density at radius 1 is 0.872 bits per heavy atom. The van der Waals surface area contributed by atoms with E-state index in [0.717, 1.165) is 42.2 Å². The molecule has 4 aromatic carbocycles. The van der Waals surface area contributed by atoms with Crippen molar-refractivity contribution < 1.29 is 9.53 Å². The fourth-order valence-corrected chi connectivity index (χ4v) is 6.75. The molecule has 1 unspecified atom stereocenters. The summed E-state index contributed by atoms with van der Waals surface area (Å²) in [7, 11) is 0. The van der Waals surface area contributed by atoms with Gasteiger partial charge in [-0.1, -0.05) is 97.7 Å². The van der Waals surface area contributed by atoms with Crippen molar-refractivity contribution in [2.24, 2.45) is 5.92 Å². The Kier molecular flexibility index (Phi) is 8.37. The molecule has 0 aliphatic heterocycles. The van der Waals surface area contributed by atoms with E-state index in [9.17, 15) is 4.79 Å². The van der Waals surface area contributed by atoms with Gasteiger partial charge in [-0.25, -0.2) is 0 Å². The van der Waals surface area contributed by atoms with Crippen molar-refractivity contribution in [1.29, 1.82) is 0 Å². The maximum absolute atomic E-state index is 10.9. The largest absolute Gasteiger partial charge is 0.494 e. The minimum Gasteiger partial charge on any atom is -0.494 e. The molecule has 0 heterocycles. The number of carbonyl (C=O) groups is 1. The number of hydrogen-bond donors (Lipinski definition) is 0. The Balaban J connectivity index is 1.53. The molecule has 0 bridgehead atoms. The molecule has 1 aliphatic carbocycles. The first kappa shape index (κ1) is 27.4. The number of fused-ring (bicyclic) bond motifs is 3. The van der Waals surface area contributed by atoms with Gasteiger partial charge in [-0.2, -0.15) is 0 Å². The Bertz CT molecular complexity index is 1430. The maximum Gasteiger partial charge on any atom is 0.150 e. The van der Waals surface area contributed by atoms with Crippen molar-refractivity contribution in [2.45, 2.75) is 57.8 Å². The van der Waals surface area contributed by atoms with E-state index in [4.69, 9.17) is 4.74 Å². The number of benzene rings is 4. The van der Waals surface area contributed by atoms with Crippen LogP contribution in [0.4, 0.5) is 0 Å². The number of ether oxygens (including phenoxy) is 1. The summed E-state index contributed by atoms with van der Waals surface area (Å²) in [5, 5.41) is 0. The zero-order valence-electron chi connectivity index (χ0n) is 23.1. The average molecular weight is 582 g/mol. The van der Waals surface area contributed by atoms with Crippen LogP contribution in [0.25, 0.3) is 11.1 Å². The quantitative estimate of drug-likeness (QED) is 0.130. The molecule has 5 rings (SSSR count). The van der Waals surface area contributed by atoms with Gasteiger partial charge in [-0.3, -0.25) is 4.79 Å². The third-order valence-corrected chi connectivity index (χ3v) is 9.19. The standard InChI is InChI=1S/C36H37BrO2/c1-4-25(2)26(3)32-22-29(37)23-34-35(32)31-14-8-9-15-33(31)36(34,28-12-6-5-7-13-28)20-10-11-21-39-30-18-16-27(24-38)17-19-30/h5-9,12-19,22-26H,4,10-11,20-21H2,1-3H3/t25-,26-,36?/m0/s1. The van der Waals surface area contributed by atoms with E-state index >= 15 is 0 Å². The number of carbonyl (C=O) groups excluding carboxylic acids is 1. The third-order valence-electron chi connectivity index (χ3n) is 8.74. The van der Waals surface area contributed by atoms with Crippen LogP contribution < -0.4 is 4.74 Å². The second-order valence-corrected chi connectivity index (χ2v) is 11.8. The highest BCUT2D eigenvalue weighted by Gasteiger charge is 2.45. The topological polar surface area (TPSA) is 26.3 Å². The fourth-order valence-electron chi connectivity index (χ4n) is 6.27. The smallest absolute Gasteiger partial charge is 0.150 e. The van der Waals surface area contributed by atoms with Crippen LogP contribution in [-0.4, -0.2) is 12.9 Å². The molecule has 0 saturated carbocycles. The monoisotopic (exact) mass is 580 g/mol. The summed E-state index contributed by atoms with van der Waals surface area (Å²) in [5.74, 6) is 1.86. The van der Waals surface area contributed by atoms with Crippen LogP contribution in [-0.2, 0) is 5.41 Å². The van der Waals surface area contributed by atoms with Gasteiger partial charge in [-0.15, -0.1) is 0 Å². The van der Waals surface area contributed by atoms with Gasteiger partial charge in [0.15, 0.2) is 0 Å². The SMILES string of the molecule is CC[C@H](C)[C@H](C)c1cc(Br)cc2c1-c1ccccc1C2(CCCCOc1ccc(C=O)cc1)c1ccccc1. The highest BCUT2D eigenvalue weighted by molar-refractivity contribution is 9.10. The van der Waals surface area contributed by atoms with Crippen LogP contribution in [0.2, 0.25) is 0 Å². The molecule has 0 saturated heterocycles. The van der Waals surface area contributed by atoms with Crippen LogP contribution >= 0.6 is 15.9 Å². The van der Waals surface area contributed by atoms with Gasteiger partial charge in [0.25, 0.3) is 0 Å². The molecule has 3 atom stereocenters. The predicted molar refractivity (Wildman–Crippen MR) is 165 cm³/mol. The maximum atomic E-state index is 10.9. The lowest BCUT2D eigenvalue weighted by Crippen LogP contribution is -2.27. The molecule has 1 aliphatic rings. The van der Waals surface area contributed by atoms with Crippen LogP contribution in [0.3, 0.4) is 0 Å². The van der Waals surface area contributed by atoms with E-state index in [2.05, 4.69) is 103 Å². The van der Waals surface area contributed by atoms with Crippen molar-refractivity contribution in [3.05, 3.63) is 123 Å². The van der Waals surface area contributed by atoms with Gasteiger partial charge >= 0.3 is 0 Å².